The van der Waals surface area contributed by atoms with Crippen LogP contribution in [0.5, 0.6) is 0 Å². The predicted octanol–water partition coefficient (Wildman–Crippen LogP) is 14.5. The zero-order chi connectivity index (χ0) is 38.4. The molecule has 0 aliphatic heterocycles. The van der Waals surface area contributed by atoms with Gasteiger partial charge >= 0.3 is 0 Å². The molecule has 0 spiro atoms. The summed E-state index contributed by atoms with van der Waals surface area (Å²) in [5, 5.41) is 10.2. The second-order valence-electron chi connectivity index (χ2n) is 14.8. The number of hydrogen-bond acceptors (Lipinski definition) is 3. The fourth-order valence-electron chi connectivity index (χ4n) is 8.51. The van der Waals surface area contributed by atoms with Gasteiger partial charge in [-0.05, 0) is 94.7 Å². The third-order valence-electron chi connectivity index (χ3n) is 11.4. The highest BCUT2D eigenvalue weighted by Crippen LogP contribution is 2.43. The average Bonchev–Trinajstić information content (AvgIpc) is 3.32. The Balaban J connectivity index is 1.03. The van der Waals surface area contributed by atoms with Gasteiger partial charge in [-0.15, -0.1) is 0 Å². The Bertz CT molecular complexity index is 3180. The molecular formula is C55H35N3. The first kappa shape index (κ1) is 33.6. The van der Waals surface area contributed by atoms with Gasteiger partial charge in [0.25, 0.3) is 0 Å². The maximum atomic E-state index is 5.20. The van der Waals surface area contributed by atoms with E-state index in [2.05, 4.69) is 193 Å². The van der Waals surface area contributed by atoms with Crippen molar-refractivity contribution in [2.75, 3.05) is 0 Å². The predicted molar refractivity (Wildman–Crippen MR) is 242 cm³/mol. The molecule has 0 fully saturated rings. The minimum Gasteiger partial charge on any atom is -0.264 e. The molecule has 2 aromatic heterocycles. The molecule has 0 saturated carbocycles. The van der Waals surface area contributed by atoms with E-state index in [0.29, 0.717) is 5.82 Å². The van der Waals surface area contributed by atoms with Gasteiger partial charge in [-0.3, -0.25) is 4.98 Å². The lowest BCUT2D eigenvalue weighted by Gasteiger charge is -2.16. The van der Waals surface area contributed by atoms with Crippen LogP contribution in [0.3, 0.4) is 0 Å². The minimum atomic E-state index is 0.684. The van der Waals surface area contributed by atoms with E-state index in [1.807, 2.05) is 18.3 Å². The first-order valence-electron chi connectivity index (χ1n) is 19.7. The first-order valence-corrected chi connectivity index (χ1v) is 19.7. The van der Waals surface area contributed by atoms with E-state index in [4.69, 9.17) is 9.97 Å². The standard InChI is InChI=1S/C55H35N3/c1-2-11-36(12-3-1)37-20-26-40(27-21-37)52-34-53(41-28-22-38(23-29-41)43-13-10-32-56-35-43)58-55(57-52)42-30-24-39(25-31-42)50-33-51-46-16-5-4-14-44(46)45-15-6-8-18-48(45)54(51)49-19-9-7-17-47(49)50/h1-35H. The summed E-state index contributed by atoms with van der Waals surface area (Å²) in [6, 6.07) is 71.4. The molecule has 0 aliphatic rings. The van der Waals surface area contributed by atoms with Crippen molar-refractivity contribution in [1.82, 2.24) is 15.0 Å². The molecule has 58 heavy (non-hydrogen) atoms. The van der Waals surface area contributed by atoms with Crippen molar-refractivity contribution < 1.29 is 0 Å². The zero-order valence-electron chi connectivity index (χ0n) is 31.5. The van der Waals surface area contributed by atoms with Crippen molar-refractivity contribution in [2.24, 2.45) is 0 Å². The summed E-state index contributed by atoms with van der Waals surface area (Å²) in [6.07, 6.45) is 3.69. The molecular weight excluding hydrogens is 703 g/mol. The van der Waals surface area contributed by atoms with Crippen LogP contribution in [0, 0.1) is 0 Å². The van der Waals surface area contributed by atoms with Crippen LogP contribution in [0.25, 0.3) is 110 Å². The number of rotatable bonds is 6. The maximum absolute atomic E-state index is 5.20. The molecule has 3 heteroatoms. The highest BCUT2D eigenvalue weighted by Gasteiger charge is 2.16. The van der Waals surface area contributed by atoms with E-state index in [-0.39, 0.29) is 0 Å². The molecule has 270 valence electrons. The highest BCUT2D eigenvalue weighted by molar-refractivity contribution is 6.33. The second-order valence-corrected chi connectivity index (χ2v) is 14.8. The summed E-state index contributed by atoms with van der Waals surface area (Å²) in [4.78, 5) is 14.7. The van der Waals surface area contributed by atoms with Gasteiger partial charge in [0.15, 0.2) is 5.82 Å². The third-order valence-corrected chi connectivity index (χ3v) is 11.4. The SMILES string of the molecule is c1ccc(-c2ccc(-c3cc(-c4ccc(-c5cccnc5)cc4)nc(-c4ccc(-c5cc6c7ccccc7c7ccccc7c6c6ccccc56)cc4)n3)cc2)cc1. The first-order chi connectivity index (χ1) is 28.7. The summed E-state index contributed by atoms with van der Waals surface area (Å²) in [5.41, 5.74) is 11.7. The summed E-state index contributed by atoms with van der Waals surface area (Å²) >= 11 is 0. The topological polar surface area (TPSA) is 38.7 Å². The van der Waals surface area contributed by atoms with Crippen LogP contribution in [-0.4, -0.2) is 15.0 Å². The Hall–Kier alpha value is -7.75. The second kappa shape index (κ2) is 14.1. The van der Waals surface area contributed by atoms with Crippen LogP contribution < -0.4 is 0 Å². The Morgan fingerprint density at radius 3 is 1.31 bits per heavy atom. The average molecular weight is 738 g/mol. The molecule has 9 aromatic carbocycles. The van der Waals surface area contributed by atoms with Gasteiger partial charge in [-0.1, -0.05) is 182 Å². The van der Waals surface area contributed by atoms with Crippen LogP contribution in [0.15, 0.2) is 213 Å². The number of nitrogens with zero attached hydrogens (tertiary/aromatic N) is 3. The molecule has 0 unspecified atom stereocenters. The van der Waals surface area contributed by atoms with Gasteiger partial charge < -0.3 is 0 Å². The smallest absolute Gasteiger partial charge is 0.160 e. The van der Waals surface area contributed by atoms with E-state index >= 15 is 0 Å². The van der Waals surface area contributed by atoms with Crippen molar-refractivity contribution in [3.05, 3.63) is 213 Å². The van der Waals surface area contributed by atoms with Crippen LogP contribution >= 0.6 is 0 Å². The van der Waals surface area contributed by atoms with Crippen molar-refractivity contribution in [3.8, 4) is 67.3 Å². The van der Waals surface area contributed by atoms with Gasteiger partial charge in [0.1, 0.15) is 0 Å². The van der Waals surface area contributed by atoms with Crippen molar-refractivity contribution in [2.45, 2.75) is 0 Å². The Kier molecular flexibility index (Phi) is 8.15. The van der Waals surface area contributed by atoms with Gasteiger partial charge in [0.2, 0.25) is 0 Å². The monoisotopic (exact) mass is 737 g/mol. The molecule has 0 N–H and O–H groups in total. The lowest BCUT2D eigenvalue weighted by atomic mass is 9.87. The van der Waals surface area contributed by atoms with Crippen molar-refractivity contribution in [1.29, 1.82) is 0 Å². The molecule has 11 rings (SSSR count). The fraction of sp³-hybridized carbons (Fsp3) is 0. The number of fused-ring (bicyclic) bond motifs is 8. The van der Waals surface area contributed by atoms with Crippen LogP contribution in [-0.2, 0) is 0 Å². The number of aromatic nitrogens is 3. The molecule has 2 heterocycles. The van der Waals surface area contributed by atoms with E-state index in [1.165, 1.54) is 59.8 Å². The summed E-state index contributed by atoms with van der Waals surface area (Å²) < 4.78 is 0. The van der Waals surface area contributed by atoms with Gasteiger partial charge in [0, 0.05) is 29.1 Å². The Morgan fingerprint density at radius 1 is 0.276 bits per heavy atom. The zero-order valence-corrected chi connectivity index (χ0v) is 31.5. The summed E-state index contributed by atoms with van der Waals surface area (Å²) in [7, 11) is 0. The van der Waals surface area contributed by atoms with E-state index < -0.39 is 0 Å². The number of benzene rings is 9. The van der Waals surface area contributed by atoms with Crippen LogP contribution in [0.4, 0.5) is 0 Å². The van der Waals surface area contributed by atoms with Crippen molar-refractivity contribution in [3.63, 3.8) is 0 Å². The summed E-state index contributed by atoms with van der Waals surface area (Å²) in [6.45, 7) is 0. The molecule has 0 aliphatic carbocycles. The molecule has 0 radical (unpaired) electrons. The maximum Gasteiger partial charge on any atom is 0.160 e. The quantitative estimate of drug-likeness (QED) is 0.160. The van der Waals surface area contributed by atoms with E-state index in [1.54, 1.807) is 6.20 Å². The minimum absolute atomic E-state index is 0.684. The molecule has 0 bridgehead atoms. The van der Waals surface area contributed by atoms with Crippen LogP contribution in [0.1, 0.15) is 0 Å². The molecule has 0 atom stereocenters. The normalized spacial score (nSPS) is 11.4. The third kappa shape index (κ3) is 5.89. The summed E-state index contributed by atoms with van der Waals surface area (Å²) in [5.74, 6) is 0.684. The van der Waals surface area contributed by atoms with E-state index in [0.717, 1.165) is 44.8 Å². The highest BCUT2D eigenvalue weighted by atomic mass is 14.9. The van der Waals surface area contributed by atoms with Gasteiger partial charge in [0.05, 0.1) is 11.4 Å². The van der Waals surface area contributed by atoms with E-state index in [9.17, 15) is 0 Å². The Labute approximate surface area is 336 Å². The largest absolute Gasteiger partial charge is 0.264 e. The Morgan fingerprint density at radius 2 is 0.707 bits per heavy atom. The lowest BCUT2D eigenvalue weighted by Crippen LogP contribution is -1.96. The van der Waals surface area contributed by atoms with Crippen LogP contribution in [0.2, 0.25) is 0 Å². The number of pyridine rings is 1. The molecule has 3 nitrogen and oxygen atoms in total. The lowest BCUT2D eigenvalue weighted by molar-refractivity contribution is 1.18. The number of hydrogen-bond donors (Lipinski definition) is 0. The van der Waals surface area contributed by atoms with Gasteiger partial charge in [-0.2, -0.15) is 0 Å². The van der Waals surface area contributed by atoms with Gasteiger partial charge in [-0.25, -0.2) is 9.97 Å². The van der Waals surface area contributed by atoms with Crippen molar-refractivity contribution >= 4 is 43.1 Å². The fourth-order valence-corrected chi connectivity index (χ4v) is 8.51. The molecule has 11 aromatic rings. The molecule has 0 saturated heterocycles. The molecule has 0 amide bonds.